The summed E-state index contributed by atoms with van der Waals surface area (Å²) in [4.78, 5) is 21.5. The van der Waals surface area contributed by atoms with Crippen molar-refractivity contribution in [3.05, 3.63) is 77.7 Å². The van der Waals surface area contributed by atoms with Gasteiger partial charge in [0, 0.05) is 93.2 Å². The number of nitrogens with two attached hydrogens (primary N) is 1. The third kappa shape index (κ3) is 16.1. The van der Waals surface area contributed by atoms with Crippen molar-refractivity contribution in [1.82, 2.24) is 50.0 Å². The van der Waals surface area contributed by atoms with E-state index in [4.69, 9.17) is 35.4 Å². The quantitative estimate of drug-likeness (QED) is 0.0475. The van der Waals surface area contributed by atoms with Gasteiger partial charge in [-0.3, -0.25) is 5.10 Å². The molecule has 0 spiro atoms. The van der Waals surface area contributed by atoms with Gasteiger partial charge < -0.3 is 56.3 Å². The third-order valence-electron chi connectivity index (χ3n) is 12.9. The van der Waals surface area contributed by atoms with E-state index in [2.05, 4.69) is 134 Å². The summed E-state index contributed by atoms with van der Waals surface area (Å²) in [6, 6.07) is 18.3. The number of anilines is 5. The van der Waals surface area contributed by atoms with E-state index in [0.29, 0.717) is 25.5 Å². The number of nitrogens with zero attached hydrogens (tertiary/aromatic N) is 10. The fraction of sp³-hybridized carbons (Fsp3) is 0.474. The number of hydrogen-bond donors (Lipinski definition) is 8. The fourth-order valence-electron chi connectivity index (χ4n) is 9.22. The van der Waals surface area contributed by atoms with Gasteiger partial charge in [0.15, 0.2) is 12.5 Å². The summed E-state index contributed by atoms with van der Waals surface area (Å²) in [7, 11) is 5.74. The number of H-pyrrole nitrogens is 1. The Hall–Kier alpha value is -5.80. The van der Waals surface area contributed by atoms with Crippen LogP contribution in [0.5, 0.6) is 0 Å². The molecule has 9 aromatic rings. The number of ether oxygens (including phenoxy) is 2. The number of pyridine rings is 3. The van der Waals surface area contributed by atoms with Crippen molar-refractivity contribution in [2.75, 3.05) is 100.0 Å². The number of aromatic amines is 1. The molecule has 0 aliphatic carbocycles. The van der Waals surface area contributed by atoms with Crippen molar-refractivity contribution in [3.63, 3.8) is 0 Å². The Morgan fingerprint density at radius 1 is 0.654 bits per heavy atom. The average Bonchev–Trinajstić information content (AvgIpc) is 4.51. The molecule has 24 heteroatoms. The number of nitrogens with one attached hydrogen (secondary N) is 4. The third-order valence-corrected chi connectivity index (χ3v) is 17.3. The normalized spacial score (nSPS) is 15.6. The minimum absolute atomic E-state index is 0.00317. The van der Waals surface area contributed by atoms with E-state index in [1.165, 1.54) is 6.42 Å². The van der Waals surface area contributed by atoms with E-state index < -0.39 is 0 Å². The Morgan fingerprint density at radius 3 is 1.62 bits per heavy atom. The van der Waals surface area contributed by atoms with Crippen molar-refractivity contribution in [3.8, 4) is 31.7 Å². The molecule has 2 unspecified atom stereocenters. The first-order valence-electron chi connectivity index (χ1n) is 27.4. The van der Waals surface area contributed by atoms with Crippen LogP contribution in [0.2, 0.25) is 0 Å². The van der Waals surface area contributed by atoms with E-state index in [0.717, 1.165) is 135 Å². The molecule has 0 bridgehead atoms. The van der Waals surface area contributed by atoms with Crippen LogP contribution in [0.15, 0.2) is 77.7 Å². The standard InChI is InChI=1S/C22H31N5O2S.C19H23BrN4OS.C13H15N5OS.C3H9NO/c1-22(2,3)25-19-14-17(26(4)10-11-28)21-15(24-19)13-18(30-21)16-8-9-23-27(16)20-7-5-6-12-29-20;1-19(2,3)23-16-10-12(20)18-13(22-16)11-15(26-18)14-7-8-21-24(14)17-6-4-5-9-25-17;1-18(4-5-19)10-7-12(14)16-9-6-11(20-13(9)10)8-2-3-15-17-8;1-4-2-3-5/h8-9,13-14,20,28H,5-7,10-12H2,1-4H3,(H,24,25);7-8,10-11,17H,4-6,9H2,1-3H3,(H,22,23);2-3,6-7,19H,4-5H2,1H3,(H2,14,16)(H,15,17);4-5H,2-3H2,1H3. The molecule has 2 aliphatic heterocycles. The highest BCUT2D eigenvalue weighted by molar-refractivity contribution is 9.10. The number of fused-ring (bicyclic) bond motifs is 3. The van der Waals surface area contributed by atoms with Crippen molar-refractivity contribution in [2.24, 2.45) is 0 Å². The molecule has 0 amide bonds. The molecule has 0 saturated carbocycles. The largest absolute Gasteiger partial charge is 0.395 e. The number of rotatable bonds is 15. The van der Waals surface area contributed by atoms with Crippen LogP contribution in [0, 0.1) is 0 Å². The van der Waals surface area contributed by atoms with E-state index in [9.17, 15) is 5.11 Å². The predicted octanol–water partition coefficient (Wildman–Crippen LogP) is 11.2. The molecular weight excluding hydrogens is 1150 g/mol. The van der Waals surface area contributed by atoms with Gasteiger partial charge >= 0.3 is 0 Å². The van der Waals surface area contributed by atoms with Gasteiger partial charge in [-0.2, -0.15) is 15.3 Å². The topological polar surface area (TPSA) is 251 Å². The highest BCUT2D eigenvalue weighted by Gasteiger charge is 2.25. The smallest absolute Gasteiger partial charge is 0.150 e. The summed E-state index contributed by atoms with van der Waals surface area (Å²) in [5.41, 5.74) is 13.7. The van der Waals surface area contributed by atoms with Gasteiger partial charge in [-0.05, 0) is 146 Å². The number of hydrogen-bond acceptors (Lipinski definition) is 20. The molecule has 436 valence electrons. The van der Waals surface area contributed by atoms with Gasteiger partial charge in [-0.15, -0.1) is 34.0 Å². The van der Waals surface area contributed by atoms with Gasteiger partial charge in [-0.25, -0.2) is 24.3 Å². The van der Waals surface area contributed by atoms with Gasteiger partial charge in [0.05, 0.1) is 93.6 Å². The highest BCUT2D eigenvalue weighted by atomic mass is 79.9. The second-order valence-corrected chi connectivity index (χ2v) is 25.9. The second-order valence-electron chi connectivity index (χ2n) is 21.9. The molecule has 9 aromatic heterocycles. The Morgan fingerprint density at radius 2 is 1.15 bits per heavy atom. The zero-order valence-corrected chi connectivity index (χ0v) is 51.8. The summed E-state index contributed by atoms with van der Waals surface area (Å²) in [5, 5.41) is 52.3. The number of nitrogen functional groups attached to an aromatic ring is 1. The first kappa shape index (κ1) is 61.3. The Kier molecular flexibility index (Phi) is 21.2. The van der Waals surface area contributed by atoms with Crippen LogP contribution in [0.1, 0.15) is 92.5 Å². The molecule has 0 aromatic carbocycles. The molecule has 20 nitrogen and oxygen atoms in total. The van der Waals surface area contributed by atoms with E-state index in [1.54, 1.807) is 47.3 Å². The average molecular weight is 1230 g/mol. The Bertz CT molecular complexity index is 3400. The van der Waals surface area contributed by atoms with E-state index >= 15 is 0 Å². The first-order chi connectivity index (χ1) is 38.9. The van der Waals surface area contributed by atoms with Crippen molar-refractivity contribution < 1.29 is 24.8 Å². The second kappa shape index (κ2) is 28.0. The molecule has 9 N–H and O–H groups in total. The molecule has 11 rings (SSSR count). The van der Waals surface area contributed by atoms with Crippen LogP contribution in [0.25, 0.3) is 62.4 Å². The Balaban J connectivity index is 0.000000155. The zero-order valence-electron chi connectivity index (χ0n) is 47.8. The number of aliphatic hydroxyl groups is 3. The number of halogens is 1. The number of likely N-dealkylation sites (N-methyl/N-ethyl adjacent to an activating group) is 3. The van der Waals surface area contributed by atoms with Crippen LogP contribution in [-0.4, -0.2) is 145 Å². The lowest BCUT2D eigenvalue weighted by Gasteiger charge is -2.24. The molecule has 2 saturated heterocycles. The predicted molar refractivity (Wildman–Crippen MR) is 337 cm³/mol. The lowest BCUT2D eigenvalue weighted by atomic mass is 10.1. The molecular formula is C57H78BrN15O5S3. The number of thiophene rings is 3. The fourth-order valence-corrected chi connectivity index (χ4v) is 13.2. The van der Waals surface area contributed by atoms with Crippen LogP contribution in [-0.2, 0) is 9.47 Å². The van der Waals surface area contributed by atoms with Crippen LogP contribution in [0.3, 0.4) is 0 Å². The number of aromatic nitrogens is 9. The van der Waals surface area contributed by atoms with Crippen LogP contribution < -0.4 is 31.5 Å². The van der Waals surface area contributed by atoms with Crippen molar-refractivity contribution in [1.29, 1.82) is 0 Å². The number of aliphatic hydroxyl groups excluding tert-OH is 3. The summed E-state index contributed by atoms with van der Waals surface area (Å²) in [6.07, 6.45) is 12.1. The first-order valence-corrected chi connectivity index (χ1v) is 30.6. The monoisotopic (exact) mass is 1230 g/mol. The van der Waals surface area contributed by atoms with Gasteiger partial charge in [-0.1, -0.05) is 0 Å². The van der Waals surface area contributed by atoms with E-state index in [1.807, 2.05) is 65.0 Å². The molecule has 81 heavy (non-hydrogen) atoms. The SMILES string of the molecule is CC(C)(C)Nc1cc(Br)c2sc(-c3ccnn3C3CCCCO3)cc2n1.CN(CCO)c1cc(N)nc2cc(-c3ccn[nH]3)sc12.CN(CCO)c1cc(NC(C)(C)C)nc2cc(-c3ccnn3C3CCCCO3)sc12.CNCCO. The molecule has 0 radical (unpaired) electrons. The van der Waals surface area contributed by atoms with Gasteiger partial charge in [0.2, 0.25) is 0 Å². The van der Waals surface area contributed by atoms with Crippen LogP contribution in [0.4, 0.5) is 28.8 Å². The summed E-state index contributed by atoms with van der Waals surface area (Å²) >= 11 is 8.79. The van der Waals surface area contributed by atoms with Gasteiger partial charge in [0.25, 0.3) is 0 Å². The maximum atomic E-state index is 9.47. The Labute approximate surface area is 494 Å². The molecule has 2 aliphatic rings. The summed E-state index contributed by atoms with van der Waals surface area (Å²) < 4.78 is 20.3. The van der Waals surface area contributed by atoms with Crippen molar-refractivity contribution >= 4 is 109 Å². The molecule has 2 atom stereocenters. The minimum Gasteiger partial charge on any atom is -0.395 e. The van der Waals surface area contributed by atoms with Crippen molar-refractivity contribution in [2.45, 2.75) is 104 Å². The maximum Gasteiger partial charge on any atom is 0.150 e. The zero-order chi connectivity index (χ0) is 57.8. The summed E-state index contributed by atoms with van der Waals surface area (Å²) in [6.45, 7) is 16.6. The lowest BCUT2D eigenvalue weighted by molar-refractivity contribution is -0.0384. The van der Waals surface area contributed by atoms with Crippen LogP contribution >= 0.6 is 49.9 Å². The summed E-state index contributed by atoms with van der Waals surface area (Å²) in [5.74, 6) is 2.19. The lowest BCUT2D eigenvalue weighted by Crippen LogP contribution is -2.27. The molecule has 11 heterocycles. The molecule has 2 fully saturated rings. The van der Waals surface area contributed by atoms with Gasteiger partial charge in [0.1, 0.15) is 17.5 Å². The maximum absolute atomic E-state index is 9.47. The van der Waals surface area contributed by atoms with E-state index in [-0.39, 0.29) is 43.4 Å². The minimum atomic E-state index is -0.0940. The highest BCUT2D eigenvalue weighted by Crippen LogP contribution is 2.43.